The molecule has 0 bridgehead atoms. The van der Waals surface area contributed by atoms with Crippen molar-refractivity contribution in [2.24, 2.45) is 5.92 Å². The number of methoxy groups -OCH3 is 2. The van der Waals surface area contributed by atoms with Crippen molar-refractivity contribution in [2.45, 2.75) is 70.4 Å². The Bertz CT molecular complexity index is 1250. The van der Waals surface area contributed by atoms with Gasteiger partial charge >= 0.3 is 5.97 Å². The third kappa shape index (κ3) is 7.08. The number of benzene rings is 1. The lowest BCUT2D eigenvalue weighted by Crippen LogP contribution is -2.55. The zero-order valence-corrected chi connectivity index (χ0v) is 23.5. The molecule has 39 heavy (non-hydrogen) atoms. The van der Waals surface area contributed by atoms with Gasteiger partial charge in [0.05, 0.1) is 19.8 Å². The van der Waals surface area contributed by atoms with Gasteiger partial charge in [-0.2, -0.15) is 0 Å². The Kier molecular flexibility index (Phi) is 9.12. The number of carbonyl (C=O) groups is 2. The number of aryl methyl sites for hydroxylation is 3. The second-order valence-corrected chi connectivity index (χ2v) is 11.1. The van der Waals surface area contributed by atoms with Gasteiger partial charge in [-0.05, 0) is 99.7 Å². The Balaban J connectivity index is 1.46. The maximum absolute atomic E-state index is 12.6. The Hall–Kier alpha value is -3.17. The first kappa shape index (κ1) is 28.8. The van der Waals surface area contributed by atoms with E-state index in [0.29, 0.717) is 25.2 Å². The highest BCUT2D eigenvalue weighted by molar-refractivity contribution is 5.95. The maximum atomic E-state index is 12.6. The van der Waals surface area contributed by atoms with Crippen molar-refractivity contribution < 1.29 is 24.2 Å². The van der Waals surface area contributed by atoms with Crippen LogP contribution in [0.5, 0.6) is 5.75 Å². The van der Waals surface area contributed by atoms with Crippen LogP contribution in [0, 0.1) is 12.8 Å². The molecule has 1 aromatic heterocycles. The Labute approximate surface area is 229 Å². The summed E-state index contributed by atoms with van der Waals surface area (Å²) >= 11 is 0. The second kappa shape index (κ2) is 12.3. The van der Waals surface area contributed by atoms with E-state index in [1.165, 1.54) is 31.1 Å². The van der Waals surface area contributed by atoms with Crippen LogP contribution in [0.1, 0.15) is 65.3 Å². The van der Waals surface area contributed by atoms with Crippen LogP contribution in [0.4, 0.5) is 0 Å². The largest absolute Gasteiger partial charge is 0.497 e. The van der Waals surface area contributed by atoms with Crippen molar-refractivity contribution >= 4 is 11.9 Å². The van der Waals surface area contributed by atoms with Crippen LogP contribution < -0.4 is 15.6 Å². The number of nitrogens with one attached hydrogen (secondary N) is 2. The van der Waals surface area contributed by atoms with Crippen molar-refractivity contribution in [3.63, 3.8) is 0 Å². The molecule has 0 radical (unpaired) electrons. The molecule has 1 aromatic carbocycles. The Morgan fingerprint density at radius 1 is 1.26 bits per heavy atom. The fourth-order valence-electron chi connectivity index (χ4n) is 5.53. The summed E-state index contributed by atoms with van der Waals surface area (Å²) in [4.78, 5) is 41.8. The fourth-order valence-corrected chi connectivity index (χ4v) is 5.53. The lowest BCUT2D eigenvalue weighted by Gasteiger charge is -2.44. The topological polar surface area (TPSA) is 121 Å². The highest BCUT2D eigenvalue weighted by Gasteiger charge is 2.42. The highest BCUT2D eigenvalue weighted by Crippen LogP contribution is 2.36. The smallest absolute Gasteiger partial charge is 0.325 e. The minimum atomic E-state index is -0.994. The molecule has 9 heteroatoms. The van der Waals surface area contributed by atoms with Gasteiger partial charge in [0.1, 0.15) is 17.9 Å². The van der Waals surface area contributed by atoms with Gasteiger partial charge in [0.15, 0.2) is 0 Å². The van der Waals surface area contributed by atoms with Crippen LogP contribution in [0.2, 0.25) is 0 Å². The summed E-state index contributed by atoms with van der Waals surface area (Å²) in [6.07, 6.45) is 5.75. The number of amides is 1. The first-order chi connectivity index (χ1) is 18.6. The number of pyridine rings is 1. The molecule has 3 N–H and O–H groups in total. The number of aliphatic hydroxyl groups is 1. The summed E-state index contributed by atoms with van der Waals surface area (Å²) in [6, 6.07) is 7.65. The van der Waals surface area contributed by atoms with Gasteiger partial charge in [-0.1, -0.05) is 6.07 Å². The average molecular weight is 540 g/mol. The minimum Gasteiger partial charge on any atom is -0.497 e. The first-order valence-electron chi connectivity index (χ1n) is 13.8. The lowest BCUT2D eigenvalue weighted by atomic mass is 9.77. The van der Waals surface area contributed by atoms with Gasteiger partial charge in [-0.25, -0.2) is 0 Å². The van der Waals surface area contributed by atoms with Crippen LogP contribution in [-0.4, -0.2) is 72.4 Å². The number of aromatic amines is 1. The van der Waals surface area contributed by atoms with Gasteiger partial charge in [-0.15, -0.1) is 0 Å². The average Bonchev–Trinajstić information content (AvgIpc) is 3.75. The maximum Gasteiger partial charge on any atom is 0.325 e. The Morgan fingerprint density at radius 2 is 2.03 bits per heavy atom. The molecule has 212 valence electrons. The van der Waals surface area contributed by atoms with Gasteiger partial charge in [0.2, 0.25) is 0 Å². The van der Waals surface area contributed by atoms with Crippen LogP contribution >= 0.6 is 0 Å². The molecule has 2 aliphatic carbocycles. The first-order valence-corrected chi connectivity index (χ1v) is 13.8. The van der Waals surface area contributed by atoms with Crippen LogP contribution in [0.25, 0.3) is 0 Å². The standard InChI is InChI=1S/C30H41N3O6/c1-19-7-10-24(38-3)14-22(19)6-5-13-33(18-21-8-9-21)20(2)30(37)12-11-26-23(16-30)15-25(29(36)32-26)28(35)31-17-27(34)39-4/h7,10,14-15,20-21,37H,5-6,8-9,11-13,16-18H2,1-4H3,(H,31,35)(H,32,36). The summed E-state index contributed by atoms with van der Waals surface area (Å²) < 4.78 is 9.96. The molecule has 0 saturated heterocycles. The van der Waals surface area contributed by atoms with Gasteiger partial charge < -0.3 is 24.9 Å². The number of ether oxygens (including phenoxy) is 2. The Morgan fingerprint density at radius 3 is 2.72 bits per heavy atom. The summed E-state index contributed by atoms with van der Waals surface area (Å²) in [5.41, 5.74) is 2.48. The van der Waals surface area contributed by atoms with Gasteiger partial charge in [-0.3, -0.25) is 19.3 Å². The SMILES string of the molecule is COC(=O)CNC(=O)c1cc2c([nH]c1=O)CCC(O)(C(C)N(CCCc1cc(OC)ccc1C)CC1CC1)C2. The number of hydrogen-bond donors (Lipinski definition) is 3. The summed E-state index contributed by atoms with van der Waals surface area (Å²) in [5, 5.41) is 14.3. The van der Waals surface area contributed by atoms with Crippen LogP contribution in [0.3, 0.4) is 0 Å². The zero-order chi connectivity index (χ0) is 28.2. The lowest BCUT2D eigenvalue weighted by molar-refractivity contribution is -0.139. The highest BCUT2D eigenvalue weighted by atomic mass is 16.5. The van der Waals surface area contributed by atoms with Crippen molar-refractivity contribution in [3.8, 4) is 5.75 Å². The number of fused-ring (bicyclic) bond motifs is 1. The number of rotatable bonds is 12. The van der Waals surface area contributed by atoms with Crippen LogP contribution in [0.15, 0.2) is 29.1 Å². The molecule has 9 nitrogen and oxygen atoms in total. The van der Waals surface area contributed by atoms with Crippen molar-refractivity contribution in [2.75, 3.05) is 33.9 Å². The molecule has 0 spiro atoms. The monoisotopic (exact) mass is 539 g/mol. The molecular weight excluding hydrogens is 498 g/mol. The quantitative estimate of drug-likeness (QED) is 0.355. The number of hydrogen-bond acceptors (Lipinski definition) is 7. The molecule has 1 saturated carbocycles. The van der Waals surface area contributed by atoms with E-state index in [4.69, 9.17) is 4.74 Å². The van der Waals surface area contributed by atoms with E-state index < -0.39 is 23.0 Å². The summed E-state index contributed by atoms with van der Waals surface area (Å²) in [6.45, 7) is 5.73. The van der Waals surface area contributed by atoms with E-state index in [9.17, 15) is 19.5 Å². The van der Waals surface area contributed by atoms with Crippen molar-refractivity contribution in [1.29, 1.82) is 0 Å². The van der Waals surface area contributed by atoms with E-state index in [1.54, 1.807) is 13.2 Å². The number of aromatic nitrogens is 1. The summed E-state index contributed by atoms with van der Waals surface area (Å²) in [7, 11) is 2.92. The summed E-state index contributed by atoms with van der Waals surface area (Å²) in [5.74, 6) is 0.297. The number of carbonyl (C=O) groups excluding carboxylic acids is 2. The predicted molar refractivity (Wildman–Crippen MR) is 148 cm³/mol. The molecule has 2 aliphatic rings. The second-order valence-electron chi connectivity index (χ2n) is 11.1. The van der Waals surface area contributed by atoms with E-state index in [-0.39, 0.29) is 18.2 Å². The molecule has 2 unspecified atom stereocenters. The van der Waals surface area contributed by atoms with E-state index in [0.717, 1.165) is 42.9 Å². The molecule has 2 atom stereocenters. The normalized spacial score (nSPS) is 19.3. The molecule has 1 amide bonds. The molecule has 0 aliphatic heterocycles. The molecule has 1 heterocycles. The van der Waals surface area contributed by atoms with E-state index in [2.05, 4.69) is 45.9 Å². The molecule has 2 aromatic rings. The molecule has 4 rings (SSSR count). The molecular formula is C30H41N3O6. The number of H-pyrrole nitrogens is 1. The van der Waals surface area contributed by atoms with Crippen molar-refractivity contribution in [1.82, 2.24) is 15.2 Å². The predicted octanol–water partition coefficient (Wildman–Crippen LogP) is 2.55. The zero-order valence-electron chi connectivity index (χ0n) is 23.5. The van der Waals surface area contributed by atoms with Gasteiger partial charge in [0, 0.05) is 24.7 Å². The van der Waals surface area contributed by atoms with Crippen LogP contribution in [-0.2, 0) is 28.8 Å². The third-order valence-corrected chi connectivity index (χ3v) is 8.35. The van der Waals surface area contributed by atoms with E-state index in [1.807, 2.05) is 6.07 Å². The molecule has 1 fully saturated rings. The fraction of sp³-hybridized carbons (Fsp3) is 0.567. The third-order valence-electron chi connectivity index (χ3n) is 8.35. The minimum absolute atomic E-state index is 0.0712. The van der Waals surface area contributed by atoms with Crippen molar-refractivity contribution in [3.05, 3.63) is 62.6 Å². The number of nitrogens with zero attached hydrogens (tertiary/aromatic N) is 1. The van der Waals surface area contributed by atoms with E-state index >= 15 is 0 Å². The van der Waals surface area contributed by atoms with Gasteiger partial charge in [0.25, 0.3) is 11.5 Å². The number of esters is 1.